The molecular formula is C14H8N4O. The Morgan fingerprint density at radius 1 is 1.00 bits per heavy atom. The number of rotatable bonds is 2. The number of nitriles is 4. The van der Waals surface area contributed by atoms with Crippen LogP contribution in [0.15, 0.2) is 24.3 Å². The van der Waals surface area contributed by atoms with Gasteiger partial charge in [-0.1, -0.05) is 12.1 Å². The summed E-state index contributed by atoms with van der Waals surface area (Å²) in [6.45, 7) is 0. The Hall–Kier alpha value is -3.02. The largest absolute Gasteiger partial charge is 0.497 e. The van der Waals surface area contributed by atoms with Crippen molar-refractivity contribution < 1.29 is 4.74 Å². The van der Waals surface area contributed by atoms with Gasteiger partial charge in [-0.2, -0.15) is 21.0 Å². The van der Waals surface area contributed by atoms with Gasteiger partial charge in [0.2, 0.25) is 0 Å². The second kappa shape index (κ2) is 4.02. The summed E-state index contributed by atoms with van der Waals surface area (Å²) in [6.07, 6.45) is 0. The van der Waals surface area contributed by atoms with Gasteiger partial charge in [-0.15, -0.1) is 0 Å². The number of hydrogen-bond donors (Lipinski definition) is 0. The van der Waals surface area contributed by atoms with Gasteiger partial charge in [-0.3, -0.25) is 0 Å². The molecule has 0 atom stereocenters. The minimum absolute atomic E-state index is 0.555. The Kier molecular flexibility index (Phi) is 2.63. The fraction of sp³-hybridized carbons (Fsp3) is 0.286. The molecule has 0 aliphatic heterocycles. The van der Waals surface area contributed by atoms with Crippen molar-refractivity contribution in [1.82, 2.24) is 0 Å². The SMILES string of the molecule is COc1cccc(C2C(C#N)(C#N)C2(C#N)C#N)c1. The van der Waals surface area contributed by atoms with Gasteiger partial charge in [0.1, 0.15) is 5.75 Å². The van der Waals surface area contributed by atoms with Crippen LogP contribution in [0.3, 0.4) is 0 Å². The lowest BCUT2D eigenvalue weighted by atomic mass is 9.98. The van der Waals surface area contributed by atoms with Gasteiger partial charge in [0.25, 0.3) is 0 Å². The van der Waals surface area contributed by atoms with E-state index >= 15 is 0 Å². The molecule has 1 aliphatic carbocycles. The summed E-state index contributed by atoms with van der Waals surface area (Å²) in [5.74, 6) is -0.181. The first-order valence-electron chi connectivity index (χ1n) is 5.44. The highest BCUT2D eigenvalue weighted by Crippen LogP contribution is 2.73. The van der Waals surface area contributed by atoms with Crippen molar-refractivity contribution in [3.8, 4) is 30.0 Å². The van der Waals surface area contributed by atoms with E-state index in [1.807, 2.05) is 24.3 Å². The lowest BCUT2D eigenvalue weighted by Gasteiger charge is -2.03. The molecular weight excluding hydrogens is 240 g/mol. The molecule has 0 amide bonds. The maximum Gasteiger partial charge on any atom is 0.185 e. The summed E-state index contributed by atoms with van der Waals surface area (Å²) >= 11 is 0. The van der Waals surface area contributed by atoms with Gasteiger partial charge >= 0.3 is 0 Å². The maximum absolute atomic E-state index is 9.21. The lowest BCUT2D eigenvalue weighted by molar-refractivity contribution is 0.414. The van der Waals surface area contributed by atoms with Crippen molar-refractivity contribution in [2.24, 2.45) is 10.8 Å². The first-order chi connectivity index (χ1) is 9.15. The highest BCUT2D eigenvalue weighted by Gasteiger charge is 2.82. The monoisotopic (exact) mass is 248 g/mol. The molecule has 19 heavy (non-hydrogen) atoms. The quantitative estimate of drug-likeness (QED) is 0.794. The van der Waals surface area contributed by atoms with Crippen molar-refractivity contribution in [3.63, 3.8) is 0 Å². The van der Waals surface area contributed by atoms with Gasteiger partial charge in [0.05, 0.1) is 37.3 Å². The van der Waals surface area contributed by atoms with Crippen LogP contribution in [0.1, 0.15) is 11.5 Å². The molecule has 0 radical (unpaired) electrons. The van der Waals surface area contributed by atoms with E-state index in [4.69, 9.17) is 4.74 Å². The van der Waals surface area contributed by atoms with E-state index in [2.05, 4.69) is 0 Å². The molecule has 2 rings (SSSR count). The second-order valence-corrected chi connectivity index (χ2v) is 4.27. The first kappa shape index (κ1) is 12.4. The standard InChI is InChI=1S/C14H8N4O/c1-19-11-4-2-3-10(5-11)12-13(6-15,7-16)14(12,8-17)9-18/h2-5,12H,1H3. The van der Waals surface area contributed by atoms with E-state index in [9.17, 15) is 21.0 Å². The number of ether oxygens (including phenoxy) is 1. The number of nitrogens with zero attached hydrogens (tertiary/aromatic N) is 4. The molecule has 1 aromatic rings. The molecule has 1 saturated carbocycles. The summed E-state index contributed by atoms with van der Waals surface area (Å²) in [5.41, 5.74) is -2.63. The molecule has 0 heterocycles. The number of benzene rings is 1. The Balaban J connectivity index is 2.59. The van der Waals surface area contributed by atoms with Crippen molar-refractivity contribution in [1.29, 1.82) is 21.0 Å². The third-order valence-electron chi connectivity index (χ3n) is 3.54. The molecule has 0 bridgehead atoms. The van der Waals surface area contributed by atoms with Crippen LogP contribution >= 0.6 is 0 Å². The predicted molar refractivity (Wildman–Crippen MR) is 63.1 cm³/mol. The molecule has 0 saturated heterocycles. The van der Waals surface area contributed by atoms with Crippen LogP contribution in [-0.2, 0) is 0 Å². The van der Waals surface area contributed by atoms with Gasteiger partial charge in [0.15, 0.2) is 10.8 Å². The van der Waals surface area contributed by atoms with Crippen LogP contribution in [-0.4, -0.2) is 7.11 Å². The zero-order valence-electron chi connectivity index (χ0n) is 10.1. The van der Waals surface area contributed by atoms with E-state index in [-0.39, 0.29) is 0 Å². The average molecular weight is 248 g/mol. The van der Waals surface area contributed by atoms with Crippen molar-refractivity contribution in [2.75, 3.05) is 7.11 Å². The zero-order chi connectivity index (χ0) is 14.1. The molecule has 5 nitrogen and oxygen atoms in total. The summed E-state index contributed by atoms with van der Waals surface area (Å²) in [6, 6.07) is 14.1. The molecule has 1 aromatic carbocycles. The van der Waals surface area contributed by atoms with E-state index in [1.54, 1.807) is 24.3 Å². The van der Waals surface area contributed by atoms with Crippen molar-refractivity contribution in [2.45, 2.75) is 5.92 Å². The number of methoxy groups -OCH3 is 1. The van der Waals surface area contributed by atoms with Crippen LogP contribution in [0.25, 0.3) is 0 Å². The van der Waals surface area contributed by atoms with Crippen LogP contribution < -0.4 is 4.74 Å². The fourth-order valence-corrected chi connectivity index (χ4v) is 2.46. The van der Waals surface area contributed by atoms with Gasteiger partial charge in [0, 0.05) is 0 Å². The fourth-order valence-electron chi connectivity index (χ4n) is 2.46. The summed E-state index contributed by atoms with van der Waals surface area (Å²) in [7, 11) is 1.50. The molecule has 0 aromatic heterocycles. The average Bonchev–Trinajstić information content (AvgIpc) is 3.10. The zero-order valence-corrected chi connectivity index (χ0v) is 10.1. The maximum atomic E-state index is 9.21. The molecule has 0 N–H and O–H groups in total. The van der Waals surface area contributed by atoms with E-state index in [0.29, 0.717) is 11.3 Å². The minimum Gasteiger partial charge on any atom is -0.497 e. The van der Waals surface area contributed by atoms with E-state index in [0.717, 1.165) is 0 Å². The minimum atomic E-state index is -1.61. The molecule has 0 spiro atoms. The van der Waals surface area contributed by atoms with Crippen molar-refractivity contribution in [3.05, 3.63) is 29.8 Å². The summed E-state index contributed by atoms with van der Waals surface area (Å²) in [4.78, 5) is 0. The Morgan fingerprint density at radius 3 is 1.95 bits per heavy atom. The second-order valence-electron chi connectivity index (χ2n) is 4.27. The Labute approximate surface area is 110 Å². The first-order valence-corrected chi connectivity index (χ1v) is 5.44. The van der Waals surface area contributed by atoms with Crippen molar-refractivity contribution >= 4 is 0 Å². The number of hydrogen-bond acceptors (Lipinski definition) is 5. The molecule has 90 valence electrons. The van der Waals surface area contributed by atoms with E-state index < -0.39 is 16.7 Å². The smallest absolute Gasteiger partial charge is 0.185 e. The van der Waals surface area contributed by atoms with E-state index in [1.165, 1.54) is 7.11 Å². The van der Waals surface area contributed by atoms with Gasteiger partial charge < -0.3 is 4.74 Å². The summed E-state index contributed by atoms with van der Waals surface area (Å²) in [5, 5.41) is 36.8. The Bertz CT molecular complexity index is 630. The third-order valence-corrected chi connectivity index (χ3v) is 3.54. The molecule has 5 heteroatoms. The van der Waals surface area contributed by atoms with Crippen LogP contribution in [0.5, 0.6) is 5.75 Å². The highest BCUT2D eigenvalue weighted by atomic mass is 16.5. The molecule has 1 fully saturated rings. The lowest BCUT2D eigenvalue weighted by Crippen LogP contribution is -2.05. The summed E-state index contributed by atoms with van der Waals surface area (Å²) < 4.78 is 5.07. The third kappa shape index (κ3) is 1.30. The molecule has 1 aliphatic rings. The van der Waals surface area contributed by atoms with Gasteiger partial charge in [-0.05, 0) is 17.7 Å². The normalized spacial score (nSPS) is 18.2. The van der Waals surface area contributed by atoms with Gasteiger partial charge in [-0.25, -0.2) is 0 Å². The highest BCUT2D eigenvalue weighted by molar-refractivity contribution is 5.59. The van der Waals surface area contributed by atoms with Crippen LogP contribution in [0.4, 0.5) is 0 Å². The molecule has 0 unspecified atom stereocenters. The Morgan fingerprint density at radius 2 is 1.53 bits per heavy atom. The topological polar surface area (TPSA) is 104 Å². The van der Waals surface area contributed by atoms with Crippen LogP contribution in [0, 0.1) is 56.2 Å². The predicted octanol–water partition coefficient (Wildman–Crippen LogP) is 1.86. The van der Waals surface area contributed by atoms with Crippen LogP contribution in [0.2, 0.25) is 0 Å².